The lowest BCUT2D eigenvalue weighted by Crippen LogP contribution is -2.13. The van der Waals surface area contributed by atoms with Gasteiger partial charge in [0.1, 0.15) is 22.5 Å². The number of aromatic nitrogens is 3. The maximum Gasteiger partial charge on any atom is 0.259 e. The molecule has 0 atom stereocenters. The Labute approximate surface area is 182 Å². The molecule has 0 saturated heterocycles. The first kappa shape index (κ1) is 20.0. The molecule has 0 aliphatic heterocycles. The average Bonchev–Trinajstić information content (AvgIpc) is 3.16. The summed E-state index contributed by atoms with van der Waals surface area (Å²) in [6.07, 6.45) is 0. The number of hydrogen-bond donors (Lipinski definition) is 1. The number of fused-ring (bicyclic) bond motifs is 1. The molecule has 1 N–H and O–H groups in total. The number of rotatable bonds is 5. The smallest absolute Gasteiger partial charge is 0.259 e. The van der Waals surface area contributed by atoms with Gasteiger partial charge in [0, 0.05) is 10.7 Å². The monoisotopic (exact) mass is 442 g/mol. The number of benzene rings is 3. The van der Waals surface area contributed by atoms with Crippen LogP contribution >= 0.6 is 23.2 Å². The first-order valence-electron chi connectivity index (χ1n) is 8.84. The summed E-state index contributed by atoms with van der Waals surface area (Å²) in [5, 5.41) is 12.4. The fraction of sp³-hybridized carbons (Fsp3) is 0.0952. The Morgan fingerprint density at radius 1 is 0.933 bits per heavy atom. The van der Waals surface area contributed by atoms with Gasteiger partial charge in [0.05, 0.1) is 30.5 Å². The van der Waals surface area contributed by atoms with Gasteiger partial charge in [-0.1, -0.05) is 23.2 Å². The quantitative estimate of drug-likeness (QED) is 0.470. The minimum Gasteiger partial charge on any atom is -0.497 e. The summed E-state index contributed by atoms with van der Waals surface area (Å²) in [6.45, 7) is 0. The van der Waals surface area contributed by atoms with Crippen molar-refractivity contribution in [3.8, 4) is 17.2 Å². The molecule has 0 spiro atoms. The Kier molecular flexibility index (Phi) is 5.48. The molecular formula is C21H16Cl2N4O3. The minimum absolute atomic E-state index is 0.233. The molecule has 0 unspecified atom stereocenters. The van der Waals surface area contributed by atoms with Crippen LogP contribution in [0, 0.1) is 0 Å². The summed E-state index contributed by atoms with van der Waals surface area (Å²) in [7, 11) is 3.05. The number of methoxy groups -OCH3 is 2. The fourth-order valence-corrected chi connectivity index (χ4v) is 3.53. The summed E-state index contributed by atoms with van der Waals surface area (Å²) >= 11 is 12.2. The molecule has 0 fully saturated rings. The van der Waals surface area contributed by atoms with Crippen molar-refractivity contribution in [1.82, 2.24) is 15.0 Å². The molecule has 1 aromatic heterocycles. The predicted molar refractivity (Wildman–Crippen MR) is 116 cm³/mol. The molecule has 0 saturated carbocycles. The van der Waals surface area contributed by atoms with Gasteiger partial charge in [-0.05, 0) is 54.6 Å². The lowest BCUT2D eigenvalue weighted by atomic mass is 10.1. The predicted octanol–water partition coefficient (Wildman–Crippen LogP) is 5.00. The molecule has 4 aromatic rings. The summed E-state index contributed by atoms with van der Waals surface area (Å²) in [5.41, 5.74) is 2.88. The second-order valence-corrected chi connectivity index (χ2v) is 7.16. The molecule has 152 valence electrons. The van der Waals surface area contributed by atoms with E-state index in [9.17, 15) is 4.79 Å². The number of nitrogens with zero attached hydrogens (tertiary/aromatic N) is 3. The van der Waals surface area contributed by atoms with E-state index in [0.717, 1.165) is 11.4 Å². The third-order valence-corrected chi connectivity index (χ3v) is 4.90. The van der Waals surface area contributed by atoms with Crippen LogP contribution in [-0.2, 0) is 0 Å². The maximum atomic E-state index is 12.8. The van der Waals surface area contributed by atoms with Gasteiger partial charge in [0.25, 0.3) is 5.91 Å². The van der Waals surface area contributed by atoms with Gasteiger partial charge < -0.3 is 14.8 Å². The number of nitrogens with one attached hydrogen (secondary N) is 1. The highest BCUT2D eigenvalue weighted by Gasteiger charge is 2.17. The molecule has 0 bridgehead atoms. The first-order chi connectivity index (χ1) is 14.5. The molecule has 7 nitrogen and oxygen atoms in total. The Bertz CT molecular complexity index is 1240. The number of anilines is 1. The van der Waals surface area contributed by atoms with Gasteiger partial charge in [0.2, 0.25) is 0 Å². The Balaban J connectivity index is 1.62. The second-order valence-electron chi connectivity index (χ2n) is 6.31. The van der Waals surface area contributed by atoms with Crippen LogP contribution in [0.5, 0.6) is 11.5 Å². The Morgan fingerprint density at radius 2 is 1.67 bits per heavy atom. The number of hydrogen-bond acceptors (Lipinski definition) is 5. The molecule has 0 aliphatic carbocycles. The number of carbonyl (C=O) groups excluding carboxylic acids is 1. The first-order valence-corrected chi connectivity index (χ1v) is 9.60. The van der Waals surface area contributed by atoms with Gasteiger partial charge in [-0.15, -0.1) is 10.2 Å². The van der Waals surface area contributed by atoms with Crippen LogP contribution < -0.4 is 14.8 Å². The summed E-state index contributed by atoms with van der Waals surface area (Å²) in [5.74, 6) is 0.597. The number of halogens is 2. The fourth-order valence-electron chi connectivity index (χ4n) is 2.96. The van der Waals surface area contributed by atoms with E-state index in [0.29, 0.717) is 21.7 Å². The largest absolute Gasteiger partial charge is 0.497 e. The van der Waals surface area contributed by atoms with Crippen molar-refractivity contribution in [2.24, 2.45) is 0 Å². The highest BCUT2D eigenvalue weighted by atomic mass is 35.5. The van der Waals surface area contributed by atoms with E-state index in [4.69, 9.17) is 32.7 Å². The van der Waals surface area contributed by atoms with E-state index in [-0.39, 0.29) is 16.3 Å². The zero-order valence-electron chi connectivity index (χ0n) is 16.0. The second kappa shape index (κ2) is 8.22. The third kappa shape index (κ3) is 3.90. The number of carbonyl (C=O) groups is 1. The number of amides is 1. The molecule has 3 aromatic carbocycles. The van der Waals surface area contributed by atoms with Crippen molar-refractivity contribution in [2.75, 3.05) is 19.5 Å². The van der Waals surface area contributed by atoms with Gasteiger partial charge in [-0.25, -0.2) is 0 Å². The zero-order chi connectivity index (χ0) is 21.3. The molecule has 1 heterocycles. The molecule has 0 radical (unpaired) electrons. The van der Waals surface area contributed by atoms with Crippen LogP contribution in [0.15, 0.2) is 54.6 Å². The van der Waals surface area contributed by atoms with E-state index in [1.54, 1.807) is 25.3 Å². The van der Waals surface area contributed by atoms with Crippen molar-refractivity contribution in [2.45, 2.75) is 0 Å². The standard InChI is InChI=1S/C21H16Cl2N4O3/c1-29-15-6-4-14(5-7-15)27-25-18-8-3-13(11-19(18)26-27)24-21(28)16-9-12(22)10-17(23)20(16)30-2/h3-11H,1-2H3,(H,24,28). The highest BCUT2D eigenvalue weighted by Crippen LogP contribution is 2.32. The zero-order valence-corrected chi connectivity index (χ0v) is 17.5. The molecule has 30 heavy (non-hydrogen) atoms. The van der Waals surface area contributed by atoms with Crippen molar-refractivity contribution in [3.63, 3.8) is 0 Å². The molecule has 1 amide bonds. The SMILES string of the molecule is COc1ccc(-n2nc3ccc(NC(=O)c4cc(Cl)cc(Cl)c4OC)cc3n2)cc1. The van der Waals surface area contributed by atoms with Gasteiger partial charge in [-0.3, -0.25) is 4.79 Å². The average molecular weight is 443 g/mol. The van der Waals surface area contributed by atoms with Crippen LogP contribution in [0.25, 0.3) is 16.7 Å². The van der Waals surface area contributed by atoms with Crippen LogP contribution in [0.4, 0.5) is 5.69 Å². The van der Waals surface area contributed by atoms with Gasteiger partial charge in [-0.2, -0.15) is 4.80 Å². The van der Waals surface area contributed by atoms with Crippen LogP contribution in [0.3, 0.4) is 0 Å². The molecule has 9 heteroatoms. The minimum atomic E-state index is -0.404. The van der Waals surface area contributed by atoms with Crippen molar-refractivity contribution in [1.29, 1.82) is 0 Å². The van der Waals surface area contributed by atoms with Crippen molar-refractivity contribution < 1.29 is 14.3 Å². The lowest BCUT2D eigenvalue weighted by Gasteiger charge is -2.11. The van der Waals surface area contributed by atoms with E-state index < -0.39 is 5.91 Å². The highest BCUT2D eigenvalue weighted by molar-refractivity contribution is 6.36. The van der Waals surface area contributed by atoms with Crippen LogP contribution in [-0.4, -0.2) is 35.1 Å². The maximum absolute atomic E-state index is 12.8. The van der Waals surface area contributed by atoms with E-state index in [1.807, 2.05) is 24.3 Å². The molecule has 0 aliphatic rings. The van der Waals surface area contributed by atoms with E-state index in [2.05, 4.69) is 15.5 Å². The summed E-state index contributed by atoms with van der Waals surface area (Å²) in [4.78, 5) is 14.3. The molecule has 4 rings (SSSR count). The summed E-state index contributed by atoms with van der Waals surface area (Å²) in [6, 6.07) is 15.6. The van der Waals surface area contributed by atoms with Crippen LogP contribution in [0.1, 0.15) is 10.4 Å². The number of ether oxygens (including phenoxy) is 2. The van der Waals surface area contributed by atoms with Crippen molar-refractivity contribution in [3.05, 3.63) is 70.2 Å². The van der Waals surface area contributed by atoms with Gasteiger partial charge >= 0.3 is 0 Å². The van der Waals surface area contributed by atoms with Crippen LogP contribution in [0.2, 0.25) is 10.0 Å². The Hall–Kier alpha value is -3.29. The van der Waals surface area contributed by atoms with Crippen molar-refractivity contribution >= 4 is 45.8 Å². The van der Waals surface area contributed by atoms with E-state index >= 15 is 0 Å². The normalized spacial score (nSPS) is 10.8. The van der Waals surface area contributed by atoms with E-state index in [1.165, 1.54) is 24.0 Å². The lowest BCUT2D eigenvalue weighted by molar-refractivity contribution is 0.102. The van der Waals surface area contributed by atoms with Gasteiger partial charge in [0.15, 0.2) is 0 Å². The third-order valence-electron chi connectivity index (χ3n) is 4.40. The topological polar surface area (TPSA) is 78.3 Å². The summed E-state index contributed by atoms with van der Waals surface area (Å²) < 4.78 is 10.4. The molecular weight excluding hydrogens is 427 g/mol. The Morgan fingerprint density at radius 3 is 2.37 bits per heavy atom.